The van der Waals surface area contributed by atoms with Gasteiger partial charge in [0.15, 0.2) is 0 Å². The van der Waals surface area contributed by atoms with Crippen molar-refractivity contribution >= 4 is 101 Å². The lowest BCUT2D eigenvalue weighted by Crippen LogP contribution is -2.27. The van der Waals surface area contributed by atoms with Crippen LogP contribution in [0.15, 0.2) is 86.6 Å². The first-order chi connectivity index (χ1) is 17.3. The van der Waals surface area contributed by atoms with E-state index in [0.29, 0.717) is 36.9 Å². The van der Waals surface area contributed by atoms with Crippen LogP contribution < -0.4 is 9.64 Å². The molecule has 1 fully saturated rings. The minimum atomic E-state index is -0.424. The van der Waals surface area contributed by atoms with E-state index in [1.54, 1.807) is 18.2 Å². The highest BCUT2D eigenvalue weighted by Gasteiger charge is 2.36. The lowest BCUT2D eigenvalue weighted by Gasteiger charge is -2.13. The van der Waals surface area contributed by atoms with Crippen molar-refractivity contribution < 1.29 is 14.3 Å². The molecule has 0 unspecified atom stereocenters. The van der Waals surface area contributed by atoms with Gasteiger partial charge >= 0.3 is 0 Å². The second kappa shape index (κ2) is 10.6. The van der Waals surface area contributed by atoms with Crippen LogP contribution in [-0.4, -0.2) is 11.1 Å². The van der Waals surface area contributed by atoms with E-state index in [-0.39, 0.29) is 5.02 Å². The maximum Gasteiger partial charge on any atom is 0.298 e. The maximum atomic E-state index is 13.0. The maximum absolute atomic E-state index is 13.0. The smallest absolute Gasteiger partial charge is 0.298 e. The molecule has 4 aromatic rings. The molecule has 180 valence electrons. The van der Waals surface area contributed by atoms with Crippen LogP contribution in [0.4, 0.5) is 10.5 Å². The number of thioether (sulfide) groups is 1. The minimum Gasteiger partial charge on any atom is -0.487 e. The van der Waals surface area contributed by atoms with Crippen molar-refractivity contribution in [2.45, 2.75) is 6.61 Å². The molecule has 1 aliphatic heterocycles. The molecule has 0 atom stereocenters. The van der Waals surface area contributed by atoms with Gasteiger partial charge in [-0.05, 0) is 102 Å². The number of imide groups is 1. The van der Waals surface area contributed by atoms with Crippen LogP contribution in [0.25, 0.3) is 16.8 Å². The fourth-order valence-electron chi connectivity index (χ4n) is 3.83. The SMILES string of the molecule is O=C1S/C(=C/c2cc(Br)c(OCc3cccc4ccccc34)c(Br)c2)C(=O)N1c1ccc(Cl)c(Cl)c1. The van der Waals surface area contributed by atoms with E-state index in [9.17, 15) is 9.59 Å². The molecular formula is C27H15Br2Cl2NO3S. The molecule has 4 nitrogen and oxygen atoms in total. The molecular weight excluding hydrogens is 649 g/mol. The van der Waals surface area contributed by atoms with E-state index < -0.39 is 11.1 Å². The number of amides is 2. The molecule has 0 bridgehead atoms. The average Bonchev–Trinajstić information content (AvgIpc) is 3.13. The standard InChI is InChI=1S/C27H15Br2Cl2NO3S/c28-20-10-15(12-24-26(33)32(27(34)36-24)18-8-9-22(30)23(31)13-18)11-21(29)25(20)35-14-17-6-3-5-16-4-1-2-7-19(16)17/h1-13H,14H2/b24-12+. The number of hydrogen-bond donors (Lipinski definition) is 0. The number of anilines is 1. The molecule has 0 aromatic heterocycles. The van der Waals surface area contributed by atoms with Crippen molar-refractivity contribution in [3.63, 3.8) is 0 Å². The van der Waals surface area contributed by atoms with Crippen LogP contribution in [0.1, 0.15) is 11.1 Å². The summed E-state index contributed by atoms with van der Waals surface area (Å²) in [6, 6.07) is 22.6. The Morgan fingerprint density at radius 3 is 2.36 bits per heavy atom. The van der Waals surface area contributed by atoms with Crippen LogP contribution in [0.5, 0.6) is 5.75 Å². The molecule has 2 amide bonds. The van der Waals surface area contributed by atoms with Gasteiger partial charge in [0, 0.05) is 0 Å². The third kappa shape index (κ3) is 5.08. The largest absolute Gasteiger partial charge is 0.487 e. The summed E-state index contributed by atoms with van der Waals surface area (Å²) in [5.41, 5.74) is 2.17. The van der Waals surface area contributed by atoms with Crippen molar-refractivity contribution in [2.24, 2.45) is 0 Å². The summed E-state index contributed by atoms with van der Waals surface area (Å²) in [6.07, 6.45) is 1.67. The van der Waals surface area contributed by atoms with Crippen LogP contribution in [0.3, 0.4) is 0 Å². The van der Waals surface area contributed by atoms with Gasteiger partial charge in [0.25, 0.3) is 11.1 Å². The normalized spacial score (nSPS) is 14.8. The zero-order valence-electron chi connectivity index (χ0n) is 18.3. The zero-order chi connectivity index (χ0) is 25.4. The monoisotopic (exact) mass is 661 g/mol. The Balaban J connectivity index is 1.37. The number of ether oxygens (including phenoxy) is 1. The highest BCUT2D eigenvalue weighted by Crippen LogP contribution is 2.40. The molecule has 1 aliphatic rings. The Kier molecular flexibility index (Phi) is 7.47. The van der Waals surface area contributed by atoms with Gasteiger partial charge < -0.3 is 4.74 Å². The van der Waals surface area contributed by atoms with Gasteiger partial charge in [0.1, 0.15) is 12.4 Å². The van der Waals surface area contributed by atoms with E-state index in [2.05, 4.69) is 50.1 Å². The highest BCUT2D eigenvalue weighted by atomic mass is 79.9. The van der Waals surface area contributed by atoms with Crippen LogP contribution in [0.2, 0.25) is 10.0 Å². The van der Waals surface area contributed by atoms with Gasteiger partial charge in [0.2, 0.25) is 0 Å². The predicted octanol–water partition coefficient (Wildman–Crippen LogP) is 9.49. The lowest BCUT2D eigenvalue weighted by molar-refractivity contribution is -0.113. The van der Waals surface area contributed by atoms with Gasteiger partial charge in [-0.15, -0.1) is 0 Å². The fraction of sp³-hybridized carbons (Fsp3) is 0.0370. The number of carbonyl (C=O) groups excluding carboxylic acids is 2. The van der Waals surface area contributed by atoms with E-state index in [1.807, 2.05) is 36.4 Å². The second-order valence-corrected chi connectivity index (χ2v) is 11.4. The quantitative estimate of drug-likeness (QED) is 0.200. The Morgan fingerprint density at radius 2 is 1.61 bits per heavy atom. The lowest BCUT2D eigenvalue weighted by atomic mass is 10.1. The van der Waals surface area contributed by atoms with Gasteiger partial charge in [-0.25, -0.2) is 4.90 Å². The van der Waals surface area contributed by atoms with Gasteiger partial charge in [-0.1, -0.05) is 65.7 Å². The molecule has 0 N–H and O–H groups in total. The number of nitrogens with zero attached hydrogens (tertiary/aromatic N) is 1. The van der Waals surface area contributed by atoms with Crippen molar-refractivity contribution in [1.82, 2.24) is 0 Å². The molecule has 0 aliphatic carbocycles. The zero-order valence-corrected chi connectivity index (χ0v) is 23.8. The third-order valence-electron chi connectivity index (χ3n) is 5.53. The molecule has 5 rings (SSSR count). The first kappa shape index (κ1) is 25.4. The third-order valence-corrected chi connectivity index (χ3v) is 8.31. The molecule has 1 saturated heterocycles. The number of carbonyl (C=O) groups is 2. The first-order valence-corrected chi connectivity index (χ1v) is 13.8. The summed E-state index contributed by atoms with van der Waals surface area (Å²) in [6.45, 7) is 0.389. The molecule has 36 heavy (non-hydrogen) atoms. The fourth-order valence-corrected chi connectivity index (χ4v) is 6.42. The first-order valence-electron chi connectivity index (χ1n) is 10.6. The van der Waals surface area contributed by atoms with Crippen molar-refractivity contribution in [3.05, 3.63) is 108 Å². The summed E-state index contributed by atoms with van der Waals surface area (Å²) in [4.78, 5) is 27.0. The summed E-state index contributed by atoms with van der Waals surface area (Å²) < 4.78 is 7.58. The van der Waals surface area contributed by atoms with Gasteiger partial charge in [0.05, 0.1) is 29.6 Å². The number of halogens is 4. The van der Waals surface area contributed by atoms with E-state index in [1.165, 1.54) is 6.07 Å². The molecule has 0 radical (unpaired) electrons. The molecule has 0 saturated carbocycles. The molecule has 4 aromatic carbocycles. The van der Waals surface area contributed by atoms with Crippen LogP contribution in [0, 0.1) is 0 Å². The summed E-state index contributed by atoms with van der Waals surface area (Å²) in [7, 11) is 0. The predicted molar refractivity (Wildman–Crippen MR) is 155 cm³/mol. The second-order valence-electron chi connectivity index (χ2n) is 7.86. The summed E-state index contributed by atoms with van der Waals surface area (Å²) >= 11 is 20.1. The number of fused-ring (bicyclic) bond motifs is 1. The van der Waals surface area contributed by atoms with Crippen LogP contribution in [-0.2, 0) is 11.4 Å². The minimum absolute atomic E-state index is 0.268. The van der Waals surface area contributed by atoms with Crippen molar-refractivity contribution in [2.75, 3.05) is 4.90 Å². The highest BCUT2D eigenvalue weighted by molar-refractivity contribution is 9.11. The van der Waals surface area contributed by atoms with Gasteiger partial charge in [-0.2, -0.15) is 0 Å². The van der Waals surface area contributed by atoms with E-state index in [0.717, 1.165) is 38.6 Å². The Labute approximate surface area is 238 Å². The number of benzene rings is 4. The van der Waals surface area contributed by atoms with Crippen molar-refractivity contribution in [1.29, 1.82) is 0 Å². The average molecular weight is 664 g/mol. The van der Waals surface area contributed by atoms with Crippen molar-refractivity contribution in [3.8, 4) is 5.75 Å². The summed E-state index contributed by atoms with van der Waals surface area (Å²) in [5, 5.41) is 2.51. The molecule has 9 heteroatoms. The Hall–Kier alpha value is -2.29. The van der Waals surface area contributed by atoms with E-state index in [4.69, 9.17) is 27.9 Å². The van der Waals surface area contributed by atoms with Crippen LogP contribution >= 0.6 is 66.8 Å². The summed E-state index contributed by atoms with van der Waals surface area (Å²) in [5.74, 6) is 0.218. The number of hydrogen-bond acceptors (Lipinski definition) is 4. The number of rotatable bonds is 5. The molecule has 1 heterocycles. The molecule has 0 spiro atoms. The Morgan fingerprint density at radius 1 is 0.889 bits per heavy atom. The van der Waals surface area contributed by atoms with E-state index >= 15 is 0 Å². The Bertz CT molecular complexity index is 1550. The van der Waals surface area contributed by atoms with Gasteiger partial charge in [-0.3, -0.25) is 9.59 Å². The topological polar surface area (TPSA) is 46.6 Å².